The molecule has 168 valence electrons. The zero-order valence-electron chi connectivity index (χ0n) is 17.5. The van der Waals surface area contributed by atoms with Crippen LogP contribution in [0.3, 0.4) is 0 Å². The monoisotopic (exact) mass is 458 g/mol. The Kier molecular flexibility index (Phi) is 6.60. The van der Waals surface area contributed by atoms with E-state index in [2.05, 4.69) is 5.32 Å². The summed E-state index contributed by atoms with van der Waals surface area (Å²) in [5, 5.41) is 3.28. The van der Waals surface area contributed by atoms with Crippen LogP contribution >= 0.6 is 11.6 Å². The Bertz CT molecular complexity index is 1030. The number of likely N-dealkylation sites (tertiary alicyclic amines) is 1. The van der Waals surface area contributed by atoms with Crippen LogP contribution in [0.4, 0.5) is 14.9 Å². The van der Waals surface area contributed by atoms with Crippen molar-refractivity contribution in [2.45, 2.75) is 25.4 Å². The minimum atomic E-state index is -0.570. The highest BCUT2D eigenvalue weighted by Gasteiger charge is 2.38. The van der Waals surface area contributed by atoms with Gasteiger partial charge in [-0.2, -0.15) is 0 Å². The molecule has 2 aliphatic rings. The first kappa shape index (κ1) is 22.1. The molecule has 2 fully saturated rings. The van der Waals surface area contributed by atoms with E-state index in [0.29, 0.717) is 55.3 Å². The summed E-state index contributed by atoms with van der Waals surface area (Å²) in [6.07, 6.45) is 1.19. The van der Waals surface area contributed by atoms with Crippen LogP contribution in [0.25, 0.3) is 0 Å². The second kappa shape index (κ2) is 9.56. The molecule has 7 nitrogen and oxygen atoms in total. The van der Waals surface area contributed by atoms with Crippen LogP contribution < -0.4 is 5.32 Å². The maximum absolute atomic E-state index is 13.4. The normalized spacial score (nSPS) is 17.6. The molecule has 0 bridgehead atoms. The summed E-state index contributed by atoms with van der Waals surface area (Å²) in [7, 11) is 0. The van der Waals surface area contributed by atoms with Gasteiger partial charge < -0.3 is 20.0 Å². The van der Waals surface area contributed by atoms with E-state index in [1.165, 1.54) is 17.0 Å². The van der Waals surface area contributed by atoms with Gasteiger partial charge in [-0.15, -0.1) is 0 Å². The molecule has 32 heavy (non-hydrogen) atoms. The zero-order valence-corrected chi connectivity index (χ0v) is 18.2. The fourth-order valence-electron chi connectivity index (χ4n) is 4.18. The lowest BCUT2D eigenvalue weighted by atomic mass is 10.0. The Balaban J connectivity index is 1.30. The van der Waals surface area contributed by atoms with E-state index in [9.17, 15) is 18.8 Å². The van der Waals surface area contributed by atoms with Crippen molar-refractivity contribution in [3.05, 3.63) is 64.9 Å². The number of hydrogen-bond donors (Lipinski definition) is 1. The molecule has 0 spiro atoms. The number of piperazine rings is 1. The molecule has 0 saturated carbocycles. The maximum Gasteiger partial charge on any atom is 0.321 e. The van der Waals surface area contributed by atoms with Crippen molar-refractivity contribution in [3.63, 3.8) is 0 Å². The second-order valence-electron chi connectivity index (χ2n) is 7.98. The number of amides is 4. The summed E-state index contributed by atoms with van der Waals surface area (Å²) >= 11 is 6.10. The van der Waals surface area contributed by atoms with Gasteiger partial charge in [0, 0.05) is 38.8 Å². The van der Waals surface area contributed by atoms with Gasteiger partial charge in [0.2, 0.25) is 0 Å². The number of rotatable bonds is 4. The van der Waals surface area contributed by atoms with Gasteiger partial charge >= 0.3 is 17.8 Å². The van der Waals surface area contributed by atoms with Gasteiger partial charge in [-0.05, 0) is 42.7 Å². The van der Waals surface area contributed by atoms with Crippen LogP contribution in [0, 0.1) is 5.82 Å². The molecule has 0 radical (unpaired) electrons. The summed E-state index contributed by atoms with van der Waals surface area (Å²) in [6, 6.07) is 12.7. The van der Waals surface area contributed by atoms with Crippen molar-refractivity contribution >= 4 is 35.1 Å². The SMILES string of the molecule is O=C(Nc1ccccc1Cl)N1CCC(N2CCN(Cc3cccc(F)c3)C(=O)C2=O)CC1. The summed E-state index contributed by atoms with van der Waals surface area (Å²) in [6.45, 7) is 1.99. The highest BCUT2D eigenvalue weighted by Crippen LogP contribution is 2.24. The Morgan fingerprint density at radius 2 is 1.75 bits per heavy atom. The number of carbonyl (C=O) groups excluding carboxylic acids is 3. The van der Waals surface area contributed by atoms with Gasteiger partial charge in [0.1, 0.15) is 5.82 Å². The van der Waals surface area contributed by atoms with Crippen LogP contribution in [0.5, 0.6) is 0 Å². The molecule has 0 unspecified atom stereocenters. The Morgan fingerprint density at radius 3 is 2.47 bits per heavy atom. The molecule has 2 aliphatic heterocycles. The average Bonchev–Trinajstić information content (AvgIpc) is 2.79. The van der Waals surface area contributed by atoms with Crippen molar-refractivity contribution < 1.29 is 18.8 Å². The predicted octanol–water partition coefficient (Wildman–Crippen LogP) is 3.35. The number of carbonyl (C=O) groups is 3. The Labute approximate surface area is 190 Å². The molecular weight excluding hydrogens is 435 g/mol. The van der Waals surface area contributed by atoms with Crippen LogP contribution in [0.2, 0.25) is 5.02 Å². The van der Waals surface area contributed by atoms with Gasteiger partial charge in [0.15, 0.2) is 0 Å². The lowest BCUT2D eigenvalue weighted by Crippen LogP contribution is -2.59. The number of para-hydroxylation sites is 1. The zero-order chi connectivity index (χ0) is 22.7. The van der Waals surface area contributed by atoms with E-state index < -0.39 is 11.8 Å². The number of anilines is 1. The lowest BCUT2D eigenvalue weighted by Gasteiger charge is -2.42. The summed E-state index contributed by atoms with van der Waals surface area (Å²) < 4.78 is 13.4. The average molecular weight is 459 g/mol. The van der Waals surface area contributed by atoms with Crippen molar-refractivity contribution in [1.82, 2.24) is 14.7 Å². The second-order valence-corrected chi connectivity index (χ2v) is 8.39. The fraction of sp³-hybridized carbons (Fsp3) is 0.348. The molecule has 9 heteroatoms. The van der Waals surface area contributed by atoms with E-state index in [-0.39, 0.29) is 24.4 Å². The molecule has 1 N–H and O–H groups in total. The molecule has 0 atom stereocenters. The maximum atomic E-state index is 13.4. The van der Waals surface area contributed by atoms with E-state index in [1.54, 1.807) is 46.2 Å². The number of nitrogens with zero attached hydrogens (tertiary/aromatic N) is 3. The van der Waals surface area contributed by atoms with E-state index in [1.807, 2.05) is 0 Å². The van der Waals surface area contributed by atoms with Gasteiger partial charge in [-0.25, -0.2) is 9.18 Å². The third-order valence-electron chi connectivity index (χ3n) is 5.91. The molecule has 2 heterocycles. The first-order valence-corrected chi connectivity index (χ1v) is 10.9. The number of piperidine rings is 1. The molecule has 2 saturated heterocycles. The fourth-order valence-corrected chi connectivity index (χ4v) is 4.37. The third kappa shape index (κ3) is 4.85. The lowest BCUT2D eigenvalue weighted by molar-refractivity contribution is -0.158. The summed E-state index contributed by atoms with van der Waals surface area (Å²) in [4.78, 5) is 42.7. The van der Waals surface area contributed by atoms with Gasteiger partial charge in [-0.1, -0.05) is 35.9 Å². The largest absolute Gasteiger partial charge is 0.330 e. The van der Waals surface area contributed by atoms with Crippen molar-refractivity contribution in [1.29, 1.82) is 0 Å². The molecule has 2 aromatic carbocycles. The number of urea groups is 1. The quantitative estimate of drug-likeness (QED) is 0.714. The van der Waals surface area contributed by atoms with Crippen LogP contribution in [0.1, 0.15) is 18.4 Å². The van der Waals surface area contributed by atoms with E-state index in [4.69, 9.17) is 11.6 Å². The molecular formula is C23H24ClFN4O3. The van der Waals surface area contributed by atoms with E-state index >= 15 is 0 Å². The highest BCUT2D eigenvalue weighted by molar-refractivity contribution is 6.35. The minimum absolute atomic E-state index is 0.0906. The first-order chi connectivity index (χ1) is 15.4. The summed E-state index contributed by atoms with van der Waals surface area (Å²) in [5.41, 5.74) is 1.20. The Morgan fingerprint density at radius 1 is 1.00 bits per heavy atom. The molecule has 0 aliphatic carbocycles. The van der Waals surface area contributed by atoms with Crippen LogP contribution in [-0.4, -0.2) is 64.8 Å². The van der Waals surface area contributed by atoms with Gasteiger partial charge in [-0.3, -0.25) is 9.59 Å². The minimum Gasteiger partial charge on any atom is -0.330 e. The molecule has 0 aromatic heterocycles. The smallest absolute Gasteiger partial charge is 0.321 e. The third-order valence-corrected chi connectivity index (χ3v) is 6.24. The topological polar surface area (TPSA) is 73.0 Å². The van der Waals surface area contributed by atoms with Crippen molar-refractivity contribution in [2.24, 2.45) is 0 Å². The van der Waals surface area contributed by atoms with Crippen LogP contribution in [-0.2, 0) is 16.1 Å². The highest BCUT2D eigenvalue weighted by atomic mass is 35.5. The Hall–Kier alpha value is -3.13. The summed E-state index contributed by atoms with van der Waals surface area (Å²) in [5.74, 6) is -1.48. The van der Waals surface area contributed by atoms with Crippen molar-refractivity contribution in [3.8, 4) is 0 Å². The van der Waals surface area contributed by atoms with Gasteiger partial charge in [0.05, 0.1) is 10.7 Å². The number of nitrogens with one attached hydrogen (secondary N) is 1. The van der Waals surface area contributed by atoms with Crippen LogP contribution in [0.15, 0.2) is 48.5 Å². The van der Waals surface area contributed by atoms with Crippen molar-refractivity contribution in [2.75, 3.05) is 31.5 Å². The molecule has 4 amide bonds. The predicted molar refractivity (Wildman–Crippen MR) is 119 cm³/mol. The number of hydrogen-bond acceptors (Lipinski definition) is 3. The number of halogens is 2. The standard InChI is InChI=1S/C23H24ClFN4O3/c24-19-6-1-2-7-20(19)26-23(32)27-10-8-18(9-11-27)29-13-12-28(21(30)22(29)31)15-16-4-3-5-17(25)14-16/h1-7,14,18H,8-13,15H2,(H,26,32). The van der Waals surface area contributed by atoms with E-state index in [0.717, 1.165) is 0 Å². The number of benzene rings is 2. The van der Waals surface area contributed by atoms with Gasteiger partial charge in [0.25, 0.3) is 0 Å². The first-order valence-electron chi connectivity index (χ1n) is 10.6. The molecule has 4 rings (SSSR count). The molecule has 2 aromatic rings.